The Morgan fingerprint density at radius 2 is 0.511 bits per heavy atom. The predicted octanol–water partition coefficient (Wildman–Crippen LogP) is 31.6. The fourth-order valence-electron chi connectivity index (χ4n) is 20.0. The van der Waals surface area contributed by atoms with Gasteiger partial charge in [0.15, 0.2) is 34.9 Å². The molecule has 18 aromatic carbocycles. The lowest BCUT2D eigenvalue weighted by molar-refractivity contribution is 0.660. The third-order valence-corrected chi connectivity index (χ3v) is 27.0. The Kier molecular flexibility index (Phi) is 20.6. The number of hydrogen-bond donors (Lipinski definition) is 0. The van der Waals surface area contributed by atoms with E-state index in [4.69, 9.17) is 39.9 Å². The summed E-state index contributed by atoms with van der Waals surface area (Å²) in [5.41, 5.74) is 32.8. The largest absolute Gasteiger partial charge is 0.309 e. The molecule has 0 fully saturated rings. The summed E-state index contributed by atoms with van der Waals surface area (Å²) in [7, 11) is 0. The maximum Gasteiger partial charge on any atom is 0.164 e. The standard InChI is InChI=1S/C51H33N5.C42H31N3.C34H20N4/c1-4-15-34(16-5-1)49-52-50(35-17-6-2-7-18-35)54-51(53-49)38-19-14-22-40(31-38)56-46-26-13-11-24-42(46)44-33-37(28-30-48(44)56)36-27-29-47-43(32-36)41-23-10-12-25-45(41)55(47)39-20-8-3-9-21-39;1-42(2)37-22-10-9-21-35(37)36-24-23-33(27-38(36)42)31-18-11-17-30(25-31)32-19-12-20-34(26-32)41-44-39(28-13-5-3-6-14-28)43-40(45-41)29-15-7-4-8-16-29;1-3-22-7-9-24-13-15-29(37-33(24)31(22)35-17-1)26-11-5-21-6-12-27(20-28(21)19-26)30-16-14-25-10-8-23-4-2-18-36-32(23)34(25)38-30/h1-33H;3-27H,1-2H3;1-20H. The van der Waals surface area contributed by atoms with Gasteiger partial charge in [-0.2, -0.15) is 0 Å². The van der Waals surface area contributed by atoms with Gasteiger partial charge in [-0.15, -0.1) is 0 Å². The zero-order chi connectivity index (χ0) is 92.4. The van der Waals surface area contributed by atoms with Crippen molar-refractivity contribution in [2.75, 3.05) is 0 Å². The molecule has 1 aliphatic carbocycles. The molecule has 0 amide bonds. The van der Waals surface area contributed by atoms with Gasteiger partial charge in [-0.3, -0.25) is 9.97 Å². The molecule has 0 spiro atoms. The van der Waals surface area contributed by atoms with Gasteiger partial charge in [-0.25, -0.2) is 39.9 Å². The molecule has 0 saturated carbocycles. The molecule has 0 radical (unpaired) electrons. The molecule has 1 aliphatic rings. The van der Waals surface area contributed by atoms with Crippen LogP contribution in [0, 0.1) is 0 Å². The smallest absolute Gasteiger partial charge is 0.164 e. The van der Waals surface area contributed by atoms with Gasteiger partial charge in [0.25, 0.3) is 0 Å². The van der Waals surface area contributed by atoms with Gasteiger partial charge in [0.2, 0.25) is 0 Å². The van der Waals surface area contributed by atoms with Gasteiger partial charge < -0.3 is 9.13 Å². The number of nitrogens with zero attached hydrogens (tertiary/aromatic N) is 12. The van der Waals surface area contributed by atoms with E-state index in [1.165, 1.54) is 82.5 Å². The van der Waals surface area contributed by atoms with Crippen LogP contribution in [0.3, 0.4) is 0 Å². The lowest BCUT2D eigenvalue weighted by Gasteiger charge is -2.22. The summed E-state index contributed by atoms with van der Waals surface area (Å²) in [6.07, 6.45) is 3.65. The van der Waals surface area contributed by atoms with Crippen molar-refractivity contribution in [3.8, 4) is 147 Å². The number of pyridine rings is 4. The summed E-state index contributed by atoms with van der Waals surface area (Å²) in [4.78, 5) is 49.0. The second kappa shape index (κ2) is 34.8. The molecule has 0 aliphatic heterocycles. The average Bonchev–Trinajstić information content (AvgIpc) is 1.59. The third-order valence-electron chi connectivity index (χ3n) is 27.0. The van der Waals surface area contributed by atoms with Crippen LogP contribution < -0.4 is 0 Å². The van der Waals surface area contributed by atoms with Crippen LogP contribution in [0.15, 0.2) is 473 Å². The zero-order valence-corrected chi connectivity index (χ0v) is 75.9. The van der Waals surface area contributed by atoms with Crippen LogP contribution in [0.5, 0.6) is 0 Å². The second-order valence-corrected chi connectivity index (χ2v) is 35.8. The van der Waals surface area contributed by atoms with Crippen molar-refractivity contribution in [2.24, 2.45) is 0 Å². The molecule has 12 heteroatoms. The number of fused-ring (bicyclic) bond motifs is 16. The fourth-order valence-corrected chi connectivity index (χ4v) is 20.0. The van der Waals surface area contributed by atoms with Gasteiger partial charge in [0, 0.05) is 117 Å². The average molecular weight is 1780 g/mol. The van der Waals surface area contributed by atoms with Crippen LogP contribution >= 0.6 is 0 Å². The zero-order valence-electron chi connectivity index (χ0n) is 75.9. The first-order valence-corrected chi connectivity index (χ1v) is 46.9. The normalized spacial score (nSPS) is 12.0. The molecule has 27 rings (SSSR count). The molecule has 0 bridgehead atoms. The van der Waals surface area contributed by atoms with Crippen LogP contribution in [0.1, 0.15) is 25.0 Å². The molecular formula is C127H84N12. The summed E-state index contributed by atoms with van der Waals surface area (Å²) in [5, 5.41) is 11.6. The molecule has 139 heavy (non-hydrogen) atoms. The first-order valence-electron chi connectivity index (χ1n) is 46.9. The monoisotopic (exact) mass is 1780 g/mol. The Morgan fingerprint density at radius 3 is 1.00 bits per heavy atom. The highest BCUT2D eigenvalue weighted by molar-refractivity contribution is 6.14. The predicted molar refractivity (Wildman–Crippen MR) is 571 cm³/mol. The summed E-state index contributed by atoms with van der Waals surface area (Å²) in [5.74, 6) is 3.90. The second-order valence-electron chi connectivity index (χ2n) is 35.8. The minimum atomic E-state index is -0.0321. The molecule has 0 atom stereocenters. The van der Waals surface area contributed by atoms with Gasteiger partial charge >= 0.3 is 0 Å². The molecule has 8 heterocycles. The number of rotatable bonds is 13. The summed E-state index contributed by atoms with van der Waals surface area (Å²) in [6, 6.07) is 162. The molecule has 12 nitrogen and oxygen atoms in total. The third kappa shape index (κ3) is 15.4. The molecule has 652 valence electrons. The van der Waals surface area contributed by atoms with E-state index >= 15 is 0 Å². The van der Waals surface area contributed by atoms with Gasteiger partial charge in [-0.05, 0) is 182 Å². The number of aromatic nitrogens is 12. The van der Waals surface area contributed by atoms with E-state index in [2.05, 4.69) is 361 Å². The molecule has 8 aromatic heterocycles. The fraction of sp³-hybridized carbons (Fsp3) is 0.0236. The summed E-state index contributed by atoms with van der Waals surface area (Å²) >= 11 is 0. The van der Waals surface area contributed by atoms with Gasteiger partial charge in [0.1, 0.15) is 0 Å². The van der Waals surface area contributed by atoms with E-state index in [9.17, 15) is 0 Å². The van der Waals surface area contributed by atoms with Crippen LogP contribution in [-0.2, 0) is 5.41 Å². The minimum absolute atomic E-state index is 0.0321. The number of para-hydroxylation sites is 3. The maximum absolute atomic E-state index is 5.04. The Hall–Kier alpha value is -18.5. The van der Waals surface area contributed by atoms with Gasteiger partial charge in [-0.1, -0.05) is 360 Å². The first kappa shape index (κ1) is 82.4. The van der Waals surface area contributed by atoms with E-state index in [0.29, 0.717) is 34.9 Å². The lowest BCUT2D eigenvalue weighted by atomic mass is 9.81. The van der Waals surface area contributed by atoms with Crippen molar-refractivity contribution in [3.63, 3.8) is 0 Å². The van der Waals surface area contributed by atoms with E-state index in [1.54, 1.807) is 0 Å². The quantitative estimate of drug-likeness (QED) is 0.103. The highest BCUT2D eigenvalue weighted by Gasteiger charge is 2.35. The summed E-state index contributed by atoms with van der Waals surface area (Å²) in [6.45, 7) is 4.66. The highest BCUT2D eigenvalue weighted by atomic mass is 15.1. The highest BCUT2D eigenvalue weighted by Crippen LogP contribution is 2.50. The van der Waals surface area contributed by atoms with Crippen LogP contribution in [0.2, 0.25) is 0 Å². The number of benzene rings is 18. The SMILES string of the molecule is CC1(C)c2ccccc2-c2ccc(-c3cccc(-c4cccc(-c5nc(-c6ccccc6)nc(-c6ccccc6)n5)c4)c3)cc21.c1ccc(-c2nc(-c3ccccc3)nc(-c3cccc(-n4c5ccccc5c5cc(-c6ccc7c(c6)c6ccccc6n7-c6ccccc6)ccc54)c3)n2)cc1.c1cnc2c(c1)ccc1ccc(-c3ccc4ccc(-c5ccc6ccc7cccnc7c6n5)cc4c3)nc12. The Bertz CT molecular complexity index is 9030. The van der Waals surface area contributed by atoms with Crippen molar-refractivity contribution in [3.05, 3.63) is 485 Å². The Balaban J connectivity index is 0.000000112. The van der Waals surface area contributed by atoms with Crippen LogP contribution in [-0.4, -0.2) is 59.0 Å². The van der Waals surface area contributed by atoms with Crippen molar-refractivity contribution in [1.82, 2.24) is 59.0 Å². The number of hydrogen-bond acceptors (Lipinski definition) is 10. The van der Waals surface area contributed by atoms with E-state index < -0.39 is 0 Å². The molecule has 0 N–H and O–H groups in total. The van der Waals surface area contributed by atoms with Crippen molar-refractivity contribution >= 4 is 98.0 Å². The van der Waals surface area contributed by atoms with E-state index in [1.807, 2.05) is 146 Å². The van der Waals surface area contributed by atoms with Gasteiger partial charge in [0.05, 0.1) is 55.5 Å². The lowest BCUT2D eigenvalue weighted by Crippen LogP contribution is -2.14. The maximum atomic E-state index is 5.04. The summed E-state index contributed by atoms with van der Waals surface area (Å²) < 4.78 is 4.72. The van der Waals surface area contributed by atoms with Crippen molar-refractivity contribution < 1.29 is 0 Å². The van der Waals surface area contributed by atoms with E-state index in [-0.39, 0.29) is 5.41 Å². The Labute approximate surface area is 802 Å². The molecule has 26 aromatic rings. The molecular weight excluding hydrogens is 1690 g/mol. The molecule has 0 saturated heterocycles. The van der Waals surface area contributed by atoms with E-state index in [0.717, 1.165) is 138 Å². The van der Waals surface area contributed by atoms with Crippen molar-refractivity contribution in [2.45, 2.75) is 19.3 Å². The first-order chi connectivity index (χ1) is 68.6. The van der Waals surface area contributed by atoms with Crippen LogP contribution in [0.4, 0.5) is 0 Å². The van der Waals surface area contributed by atoms with Crippen molar-refractivity contribution in [1.29, 1.82) is 0 Å². The minimum Gasteiger partial charge on any atom is -0.309 e. The Morgan fingerprint density at radius 1 is 0.180 bits per heavy atom. The molecule has 0 unspecified atom stereocenters. The topological polar surface area (TPSA) is 139 Å². The van der Waals surface area contributed by atoms with Crippen LogP contribution in [0.25, 0.3) is 245 Å².